The number of thioether (sulfide) groups is 1. The average Bonchev–Trinajstić information content (AvgIpc) is 3.11. The van der Waals surface area contributed by atoms with Crippen LogP contribution in [0.2, 0.25) is 0 Å². The van der Waals surface area contributed by atoms with Crippen molar-refractivity contribution in [3.63, 3.8) is 0 Å². The predicted octanol–water partition coefficient (Wildman–Crippen LogP) is 5.01. The zero-order valence-corrected chi connectivity index (χ0v) is 17.8. The first-order valence-electron chi connectivity index (χ1n) is 7.72. The Balaban J connectivity index is 1.56. The van der Waals surface area contributed by atoms with Crippen LogP contribution in [0.1, 0.15) is 5.56 Å². The molecule has 0 spiro atoms. The Hall–Kier alpha value is -1.64. The number of aromatic nitrogens is 2. The van der Waals surface area contributed by atoms with Crippen LogP contribution in [0.5, 0.6) is 0 Å². The van der Waals surface area contributed by atoms with E-state index in [0.29, 0.717) is 17.7 Å². The van der Waals surface area contributed by atoms with Crippen LogP contribution in [0, 0.1) is 0 Å². The van der Waals surface area contributed by atoms with E-state index in [2.05, 4.69) is 42.1 Å². The fraction of sp³-hybridized carbons (Fsp3) is 0.167. The standard InChI is InChI=1S/C18H15Br2N3O2S/c1-23(10-13-4-2-3-5-15(13)20)16(24)11-26-18-22-21-17(25-18)12-6-8-14(19)9-7-12/h2-9H,10-11H2,1H3. The van der Waals surface area contributed by atoms with E-state index in [1.807, 2.05) is 48.5 Å². The molecule has 2 aromatic carbocycles. The highest BCUT2D eigenvalue weighted by Crippen LogP contribution is 2.25. The van der Waals surface area contributed by atoms with E-state index in [-0.39, 0.29) is 11.7 Å². The monoisotopic (exact) mass is 495 g/mol. The first-order chi connectivity index (χ1) is 12.5. The molecule has 0 aliphatic heterocycles. The van der Waals surface area contributed by atoms with Crippen LogP contribution in [-0.2, 0) is 11.3 Å². The van der Waals surface area contributed by atoms with Crippen molar-refractivity contribution < 1.29 is 9.21 Å². The lowest BCUT2D eigenvalue weighted by Gasteiger charge is -2.17. The molecule has 1 aromatic heterocycles. The smallest absolute Gasteiger partial charge is 0.277 e. The van der Waals surface area contributed by atoms with Crippen LogP contribution in [-0.4, -0.2) is 33.8 Å². The van der Waals surface area contributed by atoms with E-state index in [0.717, 1.165) is 20.1 Å². The van der Waals surface area contributed by atoms with E-state index in [1.165, 1.54) is 11.8 Å². The molecule has 0 saturated carbocycles. The molecule has 5 nitrogen and oxygen atoms in total. The predicted molar refractivity (Wildman–Crippen MR) is 109 cm³/mol. The van der Waals surface area contributed by atoms with Crippen molar-refractivity contribution in [2.75, 3.05) is 12.8 Å². The number of hydrogen-bond acceptors (Lipinski definition) is 5. The van der Waals surface area contributed by atoms with Gasteiger partial charge in [0.15, 0.2) is 0 Å². The van der Waals surface area contributed by atoms with Crippen LogP contribution in [0.25, 0.3) is 11.5 Å². The number of amides is 1. The normalized spacial score (nSPS) is 10.7. The van der Waals surface area contributed by atoms with Crippen LogP contribution < -0.4 is 0 Å². The van der Waals surface area contributed by atoms with Gasteiger partial charge in [-0.3, -0.25) is 4.79 Å². The lowest BCUT2D eigenvalue weighted by Crippen LogP contribution is -2.27. The molecule has 0 saturated heterocycles. The van der Waals surface area contributed by atoms with Gasteiger partial charge in [-0.15, -0.1) is 10.2 Å². The molecule has 3 rings (SSSR count). The largest absolute Gasteiger partial charge is 0.411 e. The second kappa shape index (κ2) is 8.83. The van der Waals surface area contributed by atoms with E-state index >= 15 is 0 Å². The van der Waals surface area contributed by atoms with E-state index in [1.54, 1.807) is 11.9 Å². The number of hydrogen-bond donors (Lipinski definition) is 0. The van der Waals surface area contributed by atoms with Gasteiger partial charge in [-0.05, 0) is 35.9 Å². The van der Waals surface area contributed by atoms with Crippen LogP contribution in [0.3, 0.4) is 0 Å². The quantitative estimate of drug-likeness (QED) is 0.449. The van der Waals surface area contributed by atoms with Gasteiger partial charge in [0.25, 0.3) is 5.22 Å². The minimum Gasteiger partial charge on any atom is -0.411 e. The van der Waals surface area contributed by atoms with Crippen molar-refractivity contribution >= 4 is 49.5 Å². The number of carbonyl (C=O) groups is 1. The SMILES string of the molecule is CN(Cc1ccccc1Br)C(=O)CSc1nnc(-c2ccc(Br)cc2)o1. The van der Waals surface area contributed by atoms with Crippen LogP contribution >= 0.6 is 43.6 Å². The summed E-state index contributed by atoms with van der Waals surface area (Å²) in [7, 11) is 1.78. The van der Waals surface area contributed by atoms with Gasteiger partial charge < -0.3 is 9.32 Å². The fourth-order valence-corrected chi connectivity index (χ4v) is 3.56. The Kier molecular flexibility index (Phi) is 6.50. The molecule has 134 valence electrons. The lowest BCUT2D eigenvalue weighted by atomic mass is 10.2. The van der Waals surface area contributed by atoms with Gasteiger partial charge in [0.1, 0.15) is 0 Å². The maximum absolute atomic E-state index is 12.3. The number of benzene rings is 2. The molecule has 0 aliphatic rings. The molecule has 0 fully saturated rings. The first-order valence-corrected chi connectivity index (χ1v) is 10.3. The van der Waals surface area contributed by atoms with E-state index in [9.17, 15) is 4.79 Å². The Morgan fingerprint density at radius 3 is 2.58 bits per heavy atom. The third-order valence-corrected chi connectivity index (χ3v) is 5.71. The van der Waals surface area contributed by atoms with Crippen molar-refractivity contribution in [3.05, 3.63) is 63.0 Å². The summed E-state index contributed by atoms with van der Waals surface area (Å²) in [6.45, 7) is 0.537. The van der Waals surface area contributed by atoms with Crippen molar-refractivity contribution in [2.24, 2.45) is 0 Å². The molecule has 0 N–H and O–H groups in total. The van der Waals surface area contributed by atoms with Crippen molar-refractivity contribution in [2.45, 2.75) is 11.8 Å². The molecule has 3 aromatic rings. The second-order valence-corrected chi connectivity index (χ2v) is 8.21. The average molecular weight is 497 g/mol. The minimum atomic E-state index is -0.00542. The van der Waals surface area contributed by atoms with Gasteiger partial charge in [-0.1, -0.05) is 61.8 Å². The molecule has 1 amide bonds. The summed E-state index contributed by atoms with van der Waals surface area (Å²) in [5, 5.41) is 8.42. The Morgan fingerprint density at radius 1 is 1.12 bits per heavy atom. The highest BCUT2D eigenvalue weighted by Gasteiger charge is 2.14. The number of nitrogens with zero attached hydrogens (tertiary/aromatic N) is 3. The molecule has 0 atom stereocenters. The zero-order valence-electron chi connectivity index (χ0n) is 13.9. The fourth-order valence-electron chi connectivity index (χ4n) is 2.18. The topological polar surface area (TPSA) is 59.2 Å². The molecule has 26 heavy (non-hydrogen) atoms. The molecule has 8 heteroatoms. The van der Waals surface area contributed by atoms with Crippen molar-refractivity contribution in [1.29, 1.82) is 0 Å². The summed E-state index contributed by atoms with van der Waals surface area (Å²) in [4.78, 5) is 14.0. The Morgan fingerprint density at radius 2 is 1.85 bits per heavy atom. The van der Waals surface area contributed by atoms with E-state index < -0.39 is 0 Å². The summed E-state index contributed by atoms with van der Waals surface area (Å²) in [6.07, 6.45) is 0. The van der Waals surface area contributed by atoms with E-state index in [4.69, 9.17) is 4.42 Å². The molecular weight excluding hydrogens is 482 g/mol. The van der Waals surface area contributed by atoms with Gasteiger partial charge in [-0.2, -0.15) is 0 Å². The van der Waals surface area contributed by atoms with Crippen molar-refractivity contribution in [1.82, 2.24) is 15.1 Å². The Labute approximate surface area is 172 Å². The number of halogens is 2. The lowest BCUT2D eigenvalue weighted by molar-refractivity contribution is -0.127. The highest BCUT2D eigenvalue weighted by atomic mass is 79.9. The summed E-state index contributed by atoms with van der Waals surface area (Å²) < 4.78 is 7.59. The summed E-state index contributed by atoms with van der Waals surface area (Å²) >= 11 is 8.13. The molecule has 0 unspecified atom stereocenters. The maximum atomic E-state index is 12.3. The van der Waals surface area contributed by atoms with Gasteiger partial charge in [0.05, 0.1) is 5.75 Å². The van der Waals surface area contributed by atoms with Gasteiger partial charge in [0.2, 0.25) is 11.8 Å². The molecule has 0 radical (unpaired) electrons. The number of rotatable bonds is 6. The minimum absolute atomic E-state index is 0.00542. The highest BCUT2D eigenvalue weighted by molar-refractivity contribution is 9.10. The summed E-state index contributed by atoms with van der Waals surface area (Å²) in [5.74, 6) is 0.672. The van der Waals surface area contributed by atoms with Crippen molar-refractivity contribution in [3.8, 4) is 11.5 Å². The van der Waals surface area contributed by atoms with Crippen LogP contribution in [0.4, 0.5) is 0 Å². The Bertz CT molecular complexity index is 899. The molecule has 1 heterocycles. The second-order valence-electron chi connectivity index (χ2n) is 5.51. The summed E-state index contributed by atoms with van der Waals surface area (Å²) in [5.41, 5.74) is 1.90. The first kappa shape index (κ1) is 19.1. The number of carbonyl (C=O) groups excluding carboxylic acids is 1. The van der Waals surface area contributed by atoms with Gasteiger partial charge >= 0.3 is 0 Å². The zero-order chi connectivity index (χ0) is 18.5. The van der Waals surface area contributed by atoms with Crippen LogP contribution in [0.15, 0.2) is 67.1 Å². The van der Waals surface area contributed by atoms with Gasteiger partial charge in [0, 0.05) is 28.1 Å². The third-order valence-electron chi connectivity index (χ3n) is 3.61. The summed E-state index contributed by atoms with van der Waals surface area (Å²) in [6, 6.07) is 15.5. The third kappa shape index (κ3) is 4.96. The van der Waals surface area contributed by atoms with Gasteiger partial charge in [-0.25, -0.2) is 0 Å². The molecule has 0 bridgehead atoms. The molecule has 0 aliphatic carbocycles. The maximum Gasteiger partial charge on any atom is 0.277 e. The molecular formula is C18H15Br2N3O2S.